The van der Waals surface area contributed by atoms with Crippen LogP contribution in [0.4, 0.5) is 0 Å². The summed E-state index contributed by atoms with van der Waals surface area (Å²) in [6, 6.07) is 0. The summed E-state index contributed by atoms with van der Waals surface area (Å²) in [5.74, 6) is 0. The van der Waals surface area contributed by atoms with Crippen LogP contribution in [0.2, 0.25) is 0 Å². The van der Waals surface area contributed by atoms with Gasteiger partial charge in [0.15, 0.2) is 0 Å². The summed E-state index contributed by atoms with van der Waals surface area (Å²) in [5, 5.41) is 2.07. The van der Waals surface area contributed by atoms with Gasteiger partial charge in [-0.3, -0.25) is 0 Å². The second-order valence-corrected chi connectivity index (χ2v) is 2.94. The highest BCUT2D eigenvalue weighted by Gasteiger charge is 1.93. The van der Waals surface area contributed by atoms with Gasteiger partial charge in [0.25, 0.3) is 0 Å². The van der Waals surface area contributed by atoms with E-state index in [-0.39, 0.29) is 24.8 Å². The molecule has 66 valence electrons. The maximum Gasteiger partial charge on any atom is 0.0795 e. The van der Waals surface area contributed by atoms with Gasteiger partial charge in [0.2, 0.25) is 0 Å². The van der Waals surface area contributed by atoms with Gasteiger partial charge in [-0.25, -0.2) is 4.98 Å². The average Bonchev–Trinajstić information content (AvgIpc) is 2.15. The Hall–Kier alpha value is 0.170. The molecule has 0 spiro atoms. The lowest BCUT2D eigenvalue weighted by atomic mass is 10.5. The predicted octanol–water partition coefficient (Wildman–Crippen LogP) is 2.05. The number of hydrogen-bond donors (Lipinski definition) is 0. The maximum atomic E-state index is 4.13. The van der Waals surface area contributed by atoms with Crippen LogP contribution in [0.15, 0.2) is 10.9 Å². The van der Waals surface area contributed by atoms with Gasteiger partial charge in [-0.2, -0.15) is 0 Å². The third-order valence-electron chi connectivity index (χ3n) is 0.962. The summed E-state index contributed by atoms with van der Waals surface area (Å²) >= 11 is 1.64. The Morgan fingerprint density at radius 2 is 2.09 bits per heavy atom. The zero-order valence-corrected chi connectivity index (χ0v) is 8.93. The van der Waals surface area contributed by atoms with Crippen molar-refractivity contribution in [3.63, 3.8) is 0 Å². The van der Waals surface area contributed by atoms with E-state index < -0.39 is 0 Å². The topological polar surface area (TPSA) is 16.1 Å². The first kappa shape index (κ1) is 13.7. The Bertz CT molecular complexity index is 165. The molecule has 5 heteroatoms. The van der Waals surface area contributed by atoms with Crippen LogP contribution in [-0.2, 0) is 6.54 Å². The first-order valence-corrected chi connectivity index (χ1v) is 3.75. The van der Waals surface area contributed by atoms with E-state index >= 15 is 0 Å². The first-order chi connectivity index (χ1) is 4.29. The van der Waals surface area contributed by atoms with Gasteiger partial charge in [-0.1, -0.05) is 0 Å². The molecule has 11 heavy (non-hydrogen) atoms. The average molecular weight is 215 g/mol. The number of aromatic nitrogens is 1. The Morgan fingerprint density at radius 3 is 2.45 bits per heavy atom. The largest absolute Gasteiger partial charge is 0.304 e. The normalized spacial score (nSPS) is 8.64. The number of rotatable bonds is 2. The molecule has 1 heterocycles. The smallest absolute Gasteiger partial charge is 0.0795 e. The molecule has 0 aliphatic heterocycles. The van der Waals surface area contributed by atoms with E-state index in [1.165, 1.54) is 0 Å². The van der Waals surface area contributed by atoms with Crippen LogP contribution in [0.25, 0.3) is 0 Å². The van der Waals surface area contributed by atoms with Crippen molar-refractivity contribution in [1.29, 1.82) is 0 Å². The van der Waals surface area contributed by atoms with Gasteiger partial charge in [0.05, 0.1) is 11.2 Å². The van der Waals surface area contributed by atoms with Crippen molar-refractivity contribution in [2.45, 2.75) is 6.54 Å². The number of thiazole rings is 1. The molecule has 0 aliphatic rings. The SMILES string of the molecule is CN(C)Cc1cscn1.Cl.Cl. The zero-order valence-electron chi connectivity index (χ0n) is 6.48. The standard InChI is InChI=1S/C6H10N2S.2ClH/c1-8(2)3-6-4-9-5-7-6;;/h4-5H,3H2,1-2H3;2*1H. The number of halogens is 2. The Morgan fingerprint density at radius 1 is 1.45 bits per heavy atom. The lowest BCUT2D eigenvalue weighted by Crippen LogP contribution is -2.10. The molecular formula is C6H12Cl2N2S. The van der Waals surface area contributed by atoms with Crippen molar-refractivity contribution in [1.82, 2.24) is 9.88 Å². The van der Waals surface area contributed by atoms with Gasteiger partial charge >= 0.3 is 0 Å². The lowest BCUT2D eigenvalue weighted by Gasteiger charge is -2.04. The molecule has 1 rings (SSSR count). The van der Waals surface area contributed by atoms with Crippen LogP contribution in [0, 0.1) is 0 Å². The molecule has 0 saturated heterocycles. The molecule has 0 unspecified atom stereocenters. The molecule has 1 aromatic heterocycles. The lowest BCUT2D eigenvalue weighted by molar-refractivity contribution is 0.398. The fourth-order valence-corrected chi connectivity index (χ4v) is 1.19. The fraction of sp³-hybridized carbons (Fsp3) is 0.500. The summed E-state index contributed by atoms with van der Waals surface area (Å²) in [6.45, 7) is 0.948. The van der Waals surface area contributed by atoms with E-state index in [0.29, 0.717) is 0 Å². The van der Waals surface area contributed by atoms with Crippen LogP contribution < -0.4 is 0 Å². The van der Waals surface area contributed by atoms with Gasteiger partial charge < -0.3 is 4.90 Å². The molecule has 0 aromatic carbocycles. The third kappa shape index (κ3) is 5.44. The molecule has 0 atom stereocenters. The van der Waals surface area contributed by atoms with Gasteiger partial charge in [0, 0.05) is 11.9 Å². The van der Waals surface area contributed by atoms with Crippen molar-refractivity contribution in [2.24, 2.45) is 0 Å². The van der Waals surface area contributed by atoms with Crippen molar-refractivity contribution in [3.05, 3.63) is 16.6 Å². The summed E-state index contributed by atoms with van der Waals surface area (Å²) in [6.07, 6.45) is 0. The highest BCUT2D eigenvalue weighted by atomic mass is 35.5. The minimum Gasteiger partial charge on any atom is -0.304 e. The summed E-state index contributed by atoms with van der Waals surface area (Å²) in [5.41, 5.74) is 3.02. The Kier molecular flexibility index (Phi) is 8.56. The quantitative estimate of drug-likeness (QED) is 0.750. The monoisotopic (exact) mass is 214 g/mol. The van der Waals surface area contributed by atoms with E-state index in [4.69, 9.17) is 0 Å². The zero-order chi connectivity index (χ0) is 6.69. The molecule has 2 nitrogen and oxygen atoms in total. The second kappa shape index (κ2) is 6.85. The number of hydrogen-bond acceptors (Lipinski definition) is 3. The van der Waals surface area contributed by atoms with Crippen LogP contribution in [0.5, 0.6) is 0 Å². The Balaban J connectivity index is 0. The molecule has 0 saturated carbocycles. The van der Waals surface area contributed by atoms with Crippen molar-refractivity contribution >= 4 is 36.2 Å². The minimum absolute atomic E-state index is 0. The fourth-order valence-electron chi connectivity index (χ4n) is 0.640. The predicted molar refractivity (Wildman–Crippen MR) is 54.0 cm³/mol. The van der Waals surface area contributed by atoms with E-state index in [0.717, 1.165) is 12.2 Å². The van der Waals surface area contributed by atoms with Crippen LogP contribution in [-0.4, -0.2) is 24.0 Å². The van der Waals surface area contributed by atoms with E-state index in [1.807, 2.05) is 19.6 Å². The van der Waals surface area contributed by atoms with Crippen molar-refractivity contribution in [3.8, 4) is 0 Å². The van der Waals surface area contributed by atoms with Gasteiger partial charge in [0.1, 0.15) is 0 Å². The molecule has 0 aliphatic carbocycles. The van der Waals surface area contributed by atoms with E-state index in [9.17, 15) is 0 Å². The summed E-state index contributed by atoms with van der Waals surface area (Å²) in [4.78, 5) is 6.24. The summed E-state index contributed by atoms with van der Waals surface area (Å²) in [7, 11) is 4.08. The minimum atomic E-state index is 0. The molecule has 0 radical (unpaired) electrons. The maximum absolute atomic E-state index is 4.13. The van der Waals surface area contributed by atoms with Gasteiger partial charge in [-0.05, 0) is 14.1 Å². The van der Waals surface area contributed by atoms with Crippen LogP contribution in [0.3, 0.4) is 0 Å². The highest BCUT2D eigenvalue weighted by Crippen LogP contribution is 2.01. The molecule has 0 N–H and O–H groups in total. The number of nitrogens with zero attached hydrogens (tertiary/aromatic N) is 2. The van der Waals surface area contributed by atoms with Gasteiger partial charge in [-0.15, -0.1) is 36.2 Å². The molecule has 0 amide bonds. The molecule has 0 fully saturated rings. The van der Waals surface area contributed by atoms with Crippen LogP contribution in [0.1, 0.15) is 5.69 Å². The van der Waals surface area contributed by atoms with Crippen molar-refractivity contribution in [2.75, 3.05) is 14.1 Å². The highest BCUT2D eigenvalue weighted by molar-refractivity contribution is 7.07. The first-order valence-electron chi connectivity index (χ1n) is 2.81. The van der Waals surface area contributed by atoms with Crippen LogP contribution >= 0.6 is 36.2 Å². The third-order valence-corrected chi connectivity index (χ3v) is 1.60. The molecular weight excluding hydrogens is 203 g/mol. The molecule has 0 bridgehead atoms. The van der Waals surface area contributed by atoms with E-state index in [2.05, 4.69) is 15.3 Å². The second-order valence-electron chi connectivity index (χ2n) is 2.22. The van der Waals surface area contributed by atoms with Crippen molar-refractivity contribution < 1.29 is 0 Å². The summed E-state index contributed by atoms with van der Waals surface area (Å²) < 4.78 is 0. The molecule has 1 aromatic rings. The Labute approximate surface area is 83.5 Å². The van der Waals surface area contributed by atoms with E-state index in [1.54, 1.807) is 11.3 Å².